The van der Waals surface area contributed by atoms with Crippen LogP contribution in [0, 0.1) is 0 Å². The Labute approximate surface area is 114 Å². The van der Waals surface area contributed by atoms with Crippen LogP contribution in [0.1, 0.15) is 29.8 Å². The van der Waals surface area contributed by atoms with Crippen LogP contribution in [0.3, 0.4) is 0 Å². The summed E-state index contributed by atoms with van der Waals surface area (Å²) in [4.78, 5) is 34.0. The summed E-state index contributed by atoms with van der Waals surface area (Å²) in [5.41, 5.74) is 3.19. The summed E-state index contributed by atoms with van der Waals surface area (Å²) in [6, 6.07) is -1.34. The summed E-state index contributed by atoms with van der Waals surface area (Å²) in [5, 5.41) is 14.4. The van der Waals surface area contributed by atoms with Crippen molar-refractivity contribution in [1.29, 1.82) is 0 Å². The van der Waals surface area contributed by atoms with Crippen LogP contribution in [0.4, 0.5) is 4.79 Å². The second kappa shape index (κ2) is 4.95. The van der Waals surface area contributed by atoms with Crippen molar-refractivity contribution < 1.29 is 14.4 Å². The van der Waals surface area contributed by atoms with Crippen molar-refractivity contribution in [2.75, 3.05) is 0 Å². The van der Waals surface area contributed by atoms with Gasteiger partial charge in [-0.1, -0.05) is 0 Å². The Hall–Kier alpha value is -2.38. The monoisotopic (exact) mass is 277 g/mol. The lowest BCUT2D eigenvalue weighted by Crippen LogP contribution is -2.36. The minimum atomic E-state index is -0.785. The number of rotatable bonds is 4. The summed E-state index contributed by atoms with van der Waals surface area (Å²) >= 11 is 0. The van der Waals surface area contributed by atoms with Gasteiger partial charge in [-0.15, -0.1) is 0 Å². The number of carbonyl (C=O) groups excluding carboxylic acids is 3. The number of imide groups is 1. The van der Waals surface area contributed by atoms with Crippen LogP contribution in [-0.4, -0.2) is 34.1 Å². The molecule has 1 saturated heterocycles. The minimum Gasteiger partial charge on any atom is -0.350 e. The number of amides is 4. The van der Waals surface area contributed by atoms with E-state index in [4.69, 9.17) is 0 Å². The van der Waals surface area contributed by atoms with Crippen molar-refractivity contribution >= 4 is 17.8 Å². The molecule has 0 bridgehead atoms. The molecule has 0 radical (unpaired) electrons. The fraction of sp³-hybridized carbons (Fsp3) is 0.500. The van der Waals surface area contributed by atoms with Crippen LogP contribution < -0.4 is 16.0 Å². The number of aromatic nitrogens is 2. The Balaban J connectivity index is 1.52. The normalized spacial score (nSPS) is 20.5. The molecule has 20 heavy (non-hydrogen) atoms. The van der Waals surface area contributed by atoms with E-state index in [1.807, 2.05) is 0 Å². The van der Waals surface area contributed by atoms with Gasteiger partial charge >= 0.3 is 6.03 Å². The van der Waals surface area contributed by atoms with Crippen molar-refractivity contribution in [3.05, 3.63) is 17.0 Å². The van der Waals surface area contributed by atoms with Gasteiger partial charge in [-0.25, -0.2) is 4.79 Å². The fourth-order valence-corrected chi connectivity index (χ4v) is 2.58. The van der Waals surface area contributed by atoms with Gasteiger partial charge in [-0.3, -0.25) is 20.0 Å². The molecule has 4 N–H and O–H groups in total. The van der Waals surface area contributed by atoms with Gasteiger partial charge in [0.15, 0.2) is 0 Å². The zero-order chi connectivity index (χ0) is 14.1. The number of fused-ring (bicyclic) bond motifs is 1. The van der Waals surface area contributed by atoms with Crippen LogP contribution in [0.2, 0.25) is 0 Å². The number of nitrogens with zero attached hydrogens (tertiary/aromatic N) is 1. The number of urea groups is 1. The van der Waals surface area contributed by atoms with E-state index < -0.39 is 18.0 Å². The minimum absolute atomic E-state index is 0.0653. The van der Waals surface area contributed by atoms with Gasteiger partial charge in [-0.05, 0) is 24.8 Å². The van der Waals surface area contributed by atoms with Crippen molar-refractivity contribution in [2.45, 2.75) is 38.3 Å². The molecule has 1 aromatic heterocycles. The molecule has 1 fully saturated rings. The molecule has 1 aromatic rings. The average molecular weight is 277 g/mol. The third kappa shape index (κ3) is 2.36. The molecule has 106 valence electrons. The SMILES string of the molecule is O=C(C[C@@H]1NC(=O)NC1=O)NCc1n[nH]c2c1CCC2. The third-order valence-electron chi connectivity index (χ3n) is 3.59. The maximum Gasteiger partial charge on any atom is 0.322 e. The van der Waals surface area contributed by atoms with Gasteiger partial charge in [0.25, 0.3) is 5.91 Å². The molecule has 0 unspecified atom stereocenters. The predicted molar refractivity (Wildman–Crippen MR) is 67.5 cm³/mol. The Morgan fingerprint density at radius 3 is 2.95 bits per heavy atom. The van der Waals surface area contributed by atoms with Crippen LogP contribution in [-0.2, 0) is 29.0 Å². The molecule has 1 atom stereocenters. The molecular weight excluding hydrogens is 262 g/mol. The van der Waals surface area contributed by atoms with E-state index in [9.17, 15) is 14.4 Å². The summed E-state index contributed by atoms with van der Waals surface area (Å²) in [5.74, 6) is -0.757. The van der Waals surface area contributed by atoms with E-state index in [0.29, 0.717) is 6.54 Å². The third-order valence-corrected chi connectivity index (χ3v) is 3.59. The molecule has 1 aliphatic heterocycles. The van der Waals surface area contributed by atoms with Gasteiger partial charge in [0.1, 0.15) is 6.04 Å². The van der Waals surface area contributed by atoms with Gasteiger partial charge < -0.3 is 10.6 Å². The topological polar surface area (TPSA) is 116 Å². The molecule has 4 amide bonds. The average Bonchev–Trinajstić information content (AvgIpc) is 3.04. The Morgan fingerprint density at radius 1 is 1.35 bits per heavy atom. The van der Waals surface area contributed by atoms with E-state index in [1.54, 1.807) is 0 Å². The summed E-state index contributed by atoms with van der Waals surface area (Å²) in [6.45, 7) is 0.340. The van der Waals surface area contributed by atoms with Crippen molar-refractivity contribution in [3.63, 3.8) is 0 Å². The maximum atomic E-state index is 11.8. The van der Waals surface area contributed by atoms with Gasteiger partial charge in [-0.2, -0.15) is 5.10 Å². The number of hydrogen-bond donors (Lipinski definition) is 4. The molecule has 2 aliphatic rings. The quantitative estimate of drug-likeness (QED) is 0.534. The maximum absolute atomic E-state index is 11.8. The van der Waals surface area contributed by atoms with Crippen molar-refractivity contribution in [1.82, 2.24) is 26.1 Å². The first kappa shape index (κ1) is 12.6. The van der Waals surface area contributed by atoms with Crippen LogP contribution in [0.15, 0.2) is 0 Å². The van der Waals surface area contributed by atoms with Crippen LogP contribution in [0.5, 0.6) is 0 Å². The van der Waals surface area contributed by atoms with Crippen molar-refractivity contribution in [2.24, 2.45) is 0 Å². The molecule has 8 heteroatoms. The molecule has 2 heterocycles. The molecule has 0 saturated carbocycles. The summed E-state index contributed by atoms with van der Waals surface area (Å²) in [7, 11) is 0. The lowest BCUT2D eigenvalue weighted by Gasteiger charge is -2.07. The largest absolute Gasteiger partial charge is 0.350 e. The zero-order valence-electron chi connectivity index (χ0n) is 10.8. The number of aryl methyl sites for hydroxylation is 1. The highest BCUT2D eigenvalue weighted by Crippen LogP contribution is 2.22. The highest BCUT2D eigenvalue weighted by atomic mass is 16.2. The first-order chi connectivity index (χ1) is 9.63. The van der Waals surface area contributed by atoms with E-state index in [1.165, 1.54) is 5.56 Å². The molecular formula is C12H15N5O3. The number of hydrogen-bond acceptors (Lipinski definition) is 4. The van der Waals surface area contributed by atoms with E-state index >= 15 is 0 Å². The zero-order valence-corrected chi connectivity index (χ0v) is 10.8. The Bertz CT molecular complexity index is 580. The van der Waals surface area contributed by atoms with Crippen molar-refractivity contribution in [3.8, 4) is 0 Å². The lowest BCUT2D eigenvalue weighted by atomic mass is 10.2. The molecule has 1 aliphatic carbocycles. The van der Waals surface area contributed by atoms with Gasteiger partial charge in [0, 0.05) is 5.69 Å². The number of aromatic amines is 1. The molecule has 8 nitrogen and oxygen atoms in total. The molecule has 3 rings (SSSR count). The molecule has 0 spiro atoms. The standard InChI is InChI=1S/C12H15N5O3/c18-10(4-8-11(19)15-12(20)14-8)13-5-9-6-2-1-3-7(6)16-17-9/h8H,1-5H2,(H,13,18)(H,16,17)(H2,14,15,19,20)/t8-/m0/s1. The van der Waals surface area contributed by atoms with E-state index in [2.05, 4.69) is 26.1 Å². The summed E-state index contributed by atoms with van der Waals surface area (Å²) in [6.07, 6.45) is 3.03. The summed E-state index contributed by atoms with van der Waals surface area (Å²) < 4.78 is 0. The smallest absolute Gasteiger partial charge is 0.322 e. The highest BCUT2D eigenvalue weighted by Gasteiger charge is 2.31. The first-order valence-corrected chi connectivity index (χ1v) is 6.56. The number of carbonyl (C=O) groups is 3. The first-order valence-electron chi connectivity index (χ1n) is 6.56. The number of nitrogens with one attached hydrogen (secondary N) is 4. The van der Waals surface area contributed by atoms with E-state index in [0.717, 1.165) is 30.7 Å². The second-order valence-electron chi connectivity index (χ2n) is 4.98. The van der Waals surface area contributed by atoms with Crippen LogP contribution in [0.25, 0.3) is 0 Å². The molecule has 0 aromatic carbocycles. The predicted octanol–water partition coefficient (Wildman–Crippen LogP) is -0.887. The highest BCUT2D eigenvalue weighted by molar-refractivity contribution is 6.05. The van der Waals surface area contributed by atoms with E-state index in [-0.39, 0.29) is 12.3 Å². The number of H-pyrrole nitrogens is 1. The Morgan fingerprint density at radius 2 is 2.20 bits per heavy atom. The van der Waals surface area contributed by atoms with Gasteiger partial charge in [0.05, 0.1) is 18.7 Å². The van der Waals surface area contributed by atoms with Gasteiger partial charge in [0.2, 0.25) is 5.91 Å². The lowest BCUT2D eigenvalue weighted by molar-refractivity contribution is -0.126. The fourth-order valence-electron chi connectivity index (χ4n) is 2.58. The Kier molecular flexibility index (Phi) is 3.13. The van der Waals surface area contributed by atoms with Crippen LogP contribution >= 0.6 is 0 Å². The second-order valence-corrected chi connectivity index (χ2v) is 4.98.